The molecule has 1 aromatic carbocycles. The van der Waals surface area contributed by atoms with Gasteiger partial charge in [0.25, 0.3) is 5.91 Å². The molecular formula is C29H43N5O3. The number of allylic oxidation sites excluding steroid dienone is 1. The van der Waals surface area contributed by atoms with Gasteiger partial charge in [-0.15, -0.1) is 0 Å². The van der Waals surface area contributed by atoms with Crippen LogP contribution in [0.25, 0.3) is 0 Å². The first-order valence-corrected chi connectivity index (χ1v) is 13.6. The zero-order chi connectivity index (χ0) is 26.2. The molecule has 1 aliphatic carbocycles. The predicted molar refractivity (Wildman–Crippen MR) is 147 cm³/mol. The first-order chi connectivity index (χ1) is 18.0. The Bertz CT molecular complexity index is 965. The summed E-state index contributed by atoms with van der Waals surface area (Å²) in [5.41, 5.74) is 8.90. The molecule has 0 unspecified atom stereocenters. The summed E-state index contributed by atoms with van der Waals surface area (Å²) in [4.78, 5) is 19.5. The Morgan fingerprint density at radius 1 is 1.24 bits per heavy atom. The summed E-state index contributed by atoms with van der Waals surface area (Å²) in [6.45, 7) is 9.68. The second kappa shape index (κ2) is 13.2. The molecule has 2 heterocycles. The highest BCUT2D eigenvalue weighted by Crippen LogP contribution is 2.41. The number of aliphatic imine (C=N–C) groups is 1. The number of carbonyl (C=O) groups excluding carboxylic acids is 1. The van der Waals surface area contributed by atoms with Crippen molar-refractivity contribution in [2.24, 2.45) is 16.6 Å². The summed E-state index contributed by atoms with van der Waals surface area (Å²) in [5.74, 6) is 1.15. The van der Waals surface area contributed by atoms with Gasteiger partial charge in [-0.05, 0) is 56.4 Å². The molecule has 0 radical (unpaired) electrons. The number of amides is 1. The van der Waals surface area contributed by atoms with Gasteiger partial charge in [-0.25, -0.2) is 4.99 Å². The van der Waals surface area contributed by atoms with Gasteiger partial charge in [0.15, 0.2) is 0 Å². The van der Waals surface area contributed by atoms with Crippen LogP contribution in [0, 0.1) is 5.92 Å². The Kier molecular flexibility index (Phi) is 9.77. The predicted octanol–water partition coefficient (Wildman–Crippen LogP) is 2.93. The Balaban J connectivity index is 1.26. The minimum atomic E-state index is -0.0887. The van der Waals surface area contributed by atoms with Crippen LogP contribution in [0.3, 0.4) is 0 Å². The Hall–Kier alpha value is -2.68. The lowest BCUT2D eigenvalue weighted by Gasteiger charge is -2.38. The van der Waals surface area contributed by atoms with Crippen LogP contribution in [0.15, 0.2) is 58.9 Å². The number of nitrogens with one attached hydrogen (secondary N) is 2. The van der Waals surface area contributed by atoms with E-state index in [1.165, 1.54) is 24.7 Å². The number of hydrogen-bond donors (Lipinski definition) is 3. The van der Waals surface area contributed by atoms with Gasteiger partial charge in [0.05, 0.1) is 19.0 Å². The number of piperidine rings is 1. The molecule has 8 heteroatoms. The van der Waals surface area contributed by atoms with Crippen LogP contribution >= 0.6 is 0 Å². The molecule has 0 spiro atoms. The van der Waals surface area contributed by atoms with E-state index in [1.807, 2.05) is 11.8 Å². The van der Waals surface area contributed by atoms with E-state index in [2.05, 4.69) is 52.5 Å². The fourth-order valence-corrected chi connectivity index (χ4v) is 5.67. The lowest BCUT2D eigenvalue weighted by Crippen LogP contribution is -2.54. The molecule has 4 N–H and O–H groups in total. The van der Waals surface area contributed by atoms with Gasteiger partial charge in [0.2, 0.25) is 0 Å². The van der Waals surface area contributed by atoms with Gasteiger partial charge in [0.1, 0.15) is 5.70 Å². The number of benzene rings is 1. The molecule has 0 bridgehead atoms. The van der Waals surface area contributed by atoms with Crippen molar-refractivity contribution >= 4 is 12.2 Å². The molecule has 3 aliphatic rings. The van der Waals surface area contributed by atoms with Crippen molar-refractivity contribution in [1.82, 2.24) is 15.5 Å². The molecule has 3 fully saturated rings. The standard InChI is InChI=1S/C29H43N5O3/c1-20(21(2)31-17-22-15-24(16-22)23-7-5-4-6-8-23)28(32-19-30)29(35)34-12-9-25(10-13-34)33-26-11-14-37-18-27(26)36-3/h4-8,19,22,24-27,31,33H,2,9-18H2,1,3H3,(H2,30,32)/b28-20-/t22?,24?,26-,27+/m1/s1. The Morgan fingerprint density at radius 2 is 1.97 bits per heavy atom. The number of likely N-dealkylation sites (tertiary alicyclic amines) is 1. The summed E-state index contributed by atoms with van der Waals surface area (Å²) >= 11 is 0. The van der Waals surface area contributed by atoms with Crippen LogP contribution in [0.5, 0.6) is 0 Å². The molecule has 2 aliphatic heterocycles. The van der Waals surface area contributed by atoms with E-state index < -0.39 is 0 Å². The maximum absolute atomic E-state index is 13.4. The summed E-state index contributed by atoms with van der Waals surface area (Å²) in [5, 5.41) is 7.18. The summed E-state index contributed by atoms with van der Waals surface area (Å²) in [6.07, 6.45) is 6.34. The minimum absolute atomic E-state index is 0.0761. The van der Waals surface area contributed by atoms with Crippen LogP contribution in [0.1, 0.15) is 50.5 Å². The third-order valence-electron chi connectivity index (χ3n) is 8.16. The number of nitrogens with zero attached hydrogens (tertiary/aromatic N) is 2. The number of rotatable bonds is 10. The van der Waals surface area contributed by atoms with Crippen molar-refractivity contribution in [1.29, 1.82) is 0 Å². The second-order valence-electron chi connectivity index (χ2n) is 10.5. The minimum Gasteiger partial charge on any atom is -0.390 e. The van der Waals surface area contributed by atoms with Gasteiger partial charge in [-0.2, -0.15) is 0 Å². The molecule has 2 saturated heterocycles. The van der Waals surface area contributed by atoms with E-state index in [4.69, 9.17) is 15.2 Å². The van der Waals surface area contributed by atoms with E-state index in [9.17, 15) is 4.79 Å². The highest BCUT2D eigenvalue weighted by Gasteiger charge is 2.32. The SMILES string of the molecule is C=C(NCC1CC(c2ccccc2)C1)/C(C)=C(\N=CN)C(=O)N1CCC(N[C@@H]2CCOC[C@@H]2OC)CC1. The van der Waals surface area contributed by atoms with Crippen LogP contribution in [-0.2, 0) is 14.3 Å². The second-order valence-corrected chi connectivity index (χ2v) is 10.5. The third kappa shape index (κ3) is 7.00. The van der Waals surface area contributed by atoms with Crippen molar-refractivity contribution < 1.29 is 14.3 Å². The number of hydrogen-bond acceptors (Lipinski definition) is 6. The van der Waals surface area contributed by atoms with Gasteiger partial charge >= 0.3 is 0 Å². The topological polar surface area (TPSA) is 101 Å². The van der Waals surface area contributed by atoms with E-state index in [0.29, 0.717) is 49.3 Å². The molecular weight excluding hydrogens is 466 g/mol. The summed E-state index contributed by atoms with van der Waals surface area (Å²) in [7, 11) is 1.74. The van der Waals surface area contributed by atoms with Gasteiger partial charge in [-0.3, -0.25) is 4.79 Å². The molecule has 1 saturated carbocycles. The smallest absolute Gasteiger partial charge is 0.272 e. The largest absolute Gasteiger partial charge is 0.390 e. The molecule has 1 aromatic rings. The zero-order valence-corrected chi connectivity index (χ0v) is 22.3. The van der Waals surface area contributed by atoms with Crippen molar-refractivity contribution in [3.63, 3.8) is 0 Å². The maximum Gasteiger partial charge on any atom is 0.272 e. The Morgan fingerprint density at radius 3 is 2.65 bits per heavy atom. The van der Waals surface area contributed by atoms with Crippen LogP contribution < -0.4 is 16.4 Å². The van der Waals surface area contributed by atoms with Gasteiger partial charge < -0.3 is 30.7 Å². The van der Waals surface area contributed by atoms with Crippen LogP contribution in [0.2, 0.25) is 0 Å². The third-order valence-corrected chi connectivity index (χ3v) is 8.16. The van der Waals surface area contributed by atoms with E-state index in [1.54, 1.807) is 7.11 Å². The molecule has 37 heavy (non-hydrogen) atoms. The Labute approximate surface area is 221 Å². The molecule has 0 aromatic heterocycles. The lowest BCUT2D eigenvalue weighted by atomic mass is 9.71. The molecule has 1 amide bonds. The van der Waals surface area contributed by atoms with Crippen LogP contribution in [-0.4, -0.2) is 75.3 Å². The zero-order valence-electron chi connectivity index (χ0n) is 22.3. The summed E-state index contributed by atoms with van der Waals surface area (Å²) in [6, 6.07) is 11.3. The first kappa shape index (κ1) is 27.4. The molecule has 8 nitrogen and oxygen atoms in total. The first-order valence-electron chi connectivity index (χ1n) is 13.6. The number of nitrogens with two attached hydrogens (primary N) is 1. The molecule has 202 valence electrons. The monoisotopic (exact) mass is 509 g/mol. The number of methoxy groups -OCH3 is 1. The maximum atomic E-state index is 13.4. The van der Waals surface area contributed by atoms with Crippen molar-refractivity contribution in [3.05, 3.63) is 59.4 Å². The van der Waals surface area contributed by atoms with E-state index in [-0.39, 0.29) is 12.0 Å². The fraction of sp³-hybridized carbons (Fsp3) is 0.586. The average molecular weight is 510 g/mol. The summed E-state index contributed by atoms with van der Waals surface area (Å²) < 4.78 is 11.1. The molecule has 2 atom stereocenters. The average Bonchev–Trinajstić information content (AvgIpc) is 2.91. The van der Waals surface area contributed by atoms with E-state index in [0.717, 1.165) is 43.7 Å². The molecule has 4 rings (SSSR count). The normalized spacial score (nSPS) is 27.5. The highest BCUT2D eigenvalue weighted by molar-refractivity contribution is 5.95. The van der Waals surface area contributed by atoms with Gasteiger partial charge in [-0.1, -0.05) is 36.9 Å². The number of carbonyl (C=O) groups is 1. The van der Waals surface area contributed by atoms with Gasteiger partial charge in [0, 0.05) is 56.7 Å². The van der Waals surface area contributed by atoms with Crippen molar-refractivity contribution in [2.45, 2.75) is 63.1 Å². The van der Waals surface area contributed by atoms with Crippen molar-refractivity contribution in [3.8, 4) is 0 Å². The number of ether oxygens (including phenoxy) is 2. The lowest BCUT2D eigenvalue weighted by molar-refractivity contribution is -0.128. The highest BCUT2D eigenvalue weighted by atomic mass is 16.5. The quantitative estimate of drug-likeness (QED) is 0.194. The van der Waals surface area contributed by atoms with Crippen LogP contribution in [0.4, 0.5) is 0 Å². The van der Waals surface area contributed by atoms with Crippen molar-refractivity contribution in [2.75, 3.05) is 40.0 Å². The van der Waals surface area contributed by atoms with E-state index >= 15 is 0 Å². The fourth-order valence-electron chi connectivity index (χ4n) is 5.67.